The summed E-state index contributed by atoms with van der Waals surface area (Å²) in [7, 11) is -4.02. The van der Waals surface area contributed by atoms with Crippen molar-refractivity contribution in [1.29, 1.82) is 0 Å². The zero-order valence-corrected chi connectivity index (χ0v) is 14.6. The largest absolute Gasteiger partial charge is 0.387 e. The van der Waals surface area contributed by atoms with Gasteiger partial charge in [0.05, 0.1) is 4.90 Å². The van der Waals surface area contributed by atoms with Crippen molar-refractivity contribution in [2.75, 3.05) is 0 Å². The van der Waals surface area contributed by atoms with Crippen LogP contribution in [-0.4, -0.2) is 13.0 Å². The van der Waals surface area contributed by atoms with Crippen LogP contribution in [0.1, 0.15) is 16.7 Å². The van der Waals surface area contributed by atoms with Gasteiger partial charge in [0.15, 0.2) is 0 Å². The molecule has 0 radical (unpaired) electrons. The topological polar surface area (TPSA) is 66.4 Å². The lowest BCUT2D eigenvalue weighted by Crippen LogP contribution is -2.09. The van der Waals surface area contributed by atoms with E-state index in [1.165, 1.54) is 23.3 Å². The van der Waals surface area contributed by atoms with Crippen molar-refractivity contribution in [1.82, 2.24) is 5.32 Å². The number of halogens is 1. The molecule has 0 unspecified atom stereocenters. The Hall–Kier alpha value is -1.63. The van der Waals surface area contributed by atoms with Crippen LogP contribution in [0.5, 0.6) is 0 Å². The Morgan fingerprint density at radius 3 is 2.27 bits per heavy atom. The minimum absolute atomic E-state index is 0. The SMILES string of the molecule is Br.C1=Cc2ccccc2CN1.Cc1ccc(S(=O)(=O)O)cc1. The summed E-state index contributed by atoms with van der Waals surface area (Å²) in [6.45, 7) is 2.81. The molecule has 0 fully saturated rings. The first-order valence-corrected chi connectivity index (χ1v) is 7.93. The molecule has 118 valence electrons. The van der Waals surface area contributed by atoms with Gasteiger partial charge in [0.2, 0.25) is 0 Å². The molecule has 0 bridgehead atoms. The lowest BCUT2D eigenvalue weighted by molar-refractivity contribution is 0.483. The van der Waals surface area contributed by atoms with Gasteiger partial charge in [-0.25, -0.2) is 0 Å². The number of benzene rings is 2. The molecule has 3 rings (SSSR count). The maximum atomic E-state index is 10.5. The van der Waals surface area contributed by atoms with E-state index in [4.69, 9.17) is 4.55 Å². The third-order valence-corrected chi connectivity index (χ3v) is 3.92. The lowest BCUT2D eigenvalue weighted by Gasteiger charge is -2.10. The zero-order chi connectivity index (χ0) is 15.3. The highest BCUT2D eigenvalue weighted by molar-refractivity contribution is 8.93. The Bertz CT molecular complexity index is 740. The average Bonchev–Trinajstić information content (AvgIpc) is 2.47. The second-order valence-corrected chi connectivity index (χ2v) is 6.12. The van der Waals surface area contributed by atoms with E-state index in [2.05, 4.69) is 35.7 Å². The number of fused-ring (bicyclic) bond motifs is 1. The normalized spacial score (nSPS) is 12.1. The van der Waals surface area contributed by atoms with E-state index in [-0.39, 0.29) is 21.9 Å². The summed E-state index contributed by atoms with van der Waals surface area (Å²) in [6.07, 6.45) is 4.08. The Morgan fingerprint density at radius 2 is 1.68 bits per heavy atom. The van der Waals surface area contributed by atoms with Crippen molar-refractivity contribution in [3.05, 3.63) is 71.4 Å². The first kappa shape index (κ1) is 18.4. The molecule has 0 spiro atoms. The molecule has 2 N–H and O–H groups in total. The smallest absolute Gasteiger partial charge is 0.294 e. The van der Waals surface area contributed by atoms with Gasteiger partial charge in [0, 0.05) is 6.54 Å². The van der Waals surface area contributed by atoms with Crippen molar-refractivity contribution >= 4 is 33.2 Å². The van der Waals surface area contributed by atoms with Crippen LogP contribution >= 0.6 is 17.0 Å². The minimum atomic E-state index is -4.02. The van der Waals surface area contributed by atoms with Crippen LogP contribution in [0.2, 0.25) is 0 Å². The number of rotatable bonds is 1. The highest BCUT2D eigenvalue weighted by atomic mass is 79.9. The molecule has 0 amide bonds. The molecule has 1 aliphatic rings. The molecular weight excluding hydrogens is 366 g/mol. The van der Waals surface area contributed by atoms with Crippen LogP contribution in [0.25, 0.3) is 6.08 Å². The van der Waals surface area contributed by atoms with Gasteiger partial charge < -0.3 is 5.32 Å². The van der Waals surface area contributed by atoms with Crippen LogP contribution in [0.3, 0.4) is 0 Å². The lowest BCUT2D eigenvalue weighted by atomic mass is 10.1. The molecular formula is C16H18BrNO3S. The molecule has 2 aromatic rings. The van der Waals surface area contributed by atoms with Gasteiger partial charge in [-0.1, -0.05) is 42.0 Å². The van der Waals surface area contributed by atoms with Crippen molar-refractivity contribution in [2.45, 2.75) is 18.4 Å². The zero-order valence-electron chi connectivity index (χ0n) is 12.1. The van der Waals surface area contributed by atoms with Crippen molar-refractivity contribution in [3.63, 3.8) is 0 Å². The molecule has 0 aromatic heterocycles. The molecule has 22 heavy (non-hydrogen) atoms. The fourth-order valence-electron chi connectivity index (χ4n) is 1.89. The van der Waals surface area contributed by atoms with Crippen molar-refractivity contribution < 1.29 is 13.0 Å². The summed E-state index contributed by atoms with van der Waals surface area (Å²) < 4.78 is 29.6. The first-order chi connectivity index (χ1) is 9.97. The summed E-state index contributed by atoms with van der Waals surface area (Å²) in [5.74, 6) is 0. The van der Waals surface area contributed by atoms with E-state index in [1.54, 1.807) is 12.1 Å². The van der Waals surface area contributed by atoms with E-state index >= 15 is 0 Å². The van der Waals surface area contributed by atoms with Crippen molar-refractivity contribution in [3.8, 4) is 0 Å². The summed E-state index contributed by atoms with van der Waals surface area (Å²) in [6, 6.07) is 14.4. The van der Waals surface area contributed by atoms with Crippen LogP contribution in [0, 0.1) is 6.92 Å². The number of hydrogen-bond acceptors (Lipinski definition) is 3. The second kappa shape index (κ2) is 8.12. The molecule has 4 nitrogen and oxygen atoms in total. The summed E-state index contributed by atoms with van der Waals surface area (Å²) in [5, 5.41) is 3.16. The summed E-state index contributed by atoms with van der Waals surface area (Å²) >= 11 is 0. The minimum Gasteiger partial charge on any atom is -0.387 e. The standard InChI is InChI=1S/C9H9N.C7H8O3S.BrH/c1-2-4-9-7-10-6-5-8(9)3-1;1-6-2-4-7(5-3-6)11(8,9)10;/h1-6,10H,7H2;2-5H,1H3,(H,8,9,10);1H. The Kier molecular flexibility index (Phi) is 6.80. The molecule has 0 saturated heterocycles. The van der Waals surface area contributed by atoms with Crippen LogP contribution in [0.15, 0.2) is 59.6 Å². The first-order valence-electron chi connectivity index (χ1n) is 6.49. The monoisotopic (exact) mass is 383 g/mol. The summed E-state index contributed by atoms with van der Waals surface area (Å²) in [4.78, 5) is -0.0666. The highest BCUT2D eigenvalue weighted by Crippen LogP contribution is 2.12. The van der Waals surface area contributed by atoms with Crippen LogP contribution in [0.4, 0.5) is 0 Å². The fraction of sp³-hybridized carbons (Fsp3) is 0.125. The van der Waals surface area contributed by atoms with E-state index < -0.39 is 10.1 Å². The Labute approximate surface area is 141 Å². The van der Waals surface area contributed by atoms with Crippen LogP contribution < -0.4 is 5.32 Å². The second-order valence-electron chi connectivity index (χ2n) is 4.70. The molecule has 2 aromatic carbocycles. The number of hydrogen-bond donors (Lipinski definition) is 2. The van der Waals surface area contributed by atoms with Gasteiger partial charge in [-0.05, 0) is 42.5 Å². The fourth-order valence-corrected chi connectivity index (χ4v) is 2.37. The Morgan fingerprint density at radius 1 is 1.05 bits per heavy atom. The van der Waals surface area contributed by atoms with E-state index in [0.717, 1.165) is 12.1 Å². The molecule has 1 aliphatic heterocycles. The third kappa shape index (κ3) is 5.29. The molecule has 0 aliphatic carbocycles. The van der Waals surface area contributed by atoms with E-state index in [0.29, 0.717) is 0 Å². The van der Waals surface area contributed by atoms with Gasteiger partial charge in [0.25, 0.3) is 10.1 Å². The molecule has 6 heteroatoms. The number of nitrogens with one attached hydrogen (secondary N) is 1. The summed E-state index contributed by atoms with van der Waals surface area (Å²) in [5.41, 5.74) is 3.67. The predicted octanol–water partition coefficient (Wildman–Crippen LogP) is 3.58. The average molecular weight is 384 g/mol. The van der Waals surface area contributed by atoms with Gasteiger partial charge in [-0.2, -0.15) is 8.42 Å². The predicted molar refractivity (Wildman–Crippen MR) is 93.6 cm³/mol. The number of aryl methyl sites for hydroxylation is 1. The maximum absolute atomic E-state index is 10.5. The van der Waals surface area contributed by atoms with E-state index in [1.807, 2.05) is 13.1 Å². The van der Waals surface area contributed by atoms with Gasteiger partial charge in [0.1, 0.15) is 0 Å². The van der Waals surface area contributed by atoms with Crippen molar-refractivity contribution in [2.24, 2.45) is 0 Å². The molecule has 0 saturated carbocycles. The Balaban J connectivity index is 0.000000211. The third-order valence-electron chi connectivity index (χ3n) is 3.05. The van der Waals surface area contributed by atoms with Gasteiger partial charge >= 0.3 is 0 Å². The maximum Gasteiger partial charge on any atom is 0.294 e. The quantitative estimate of drug-likeness (QED) is 0.738. The molecule has 1 heterocycles. The van der Waals surface area contributed by atoms with Gasteiger partial charge in [-0.3, -0.25) is 4.55 Å². The van der Waals surface area contributed by atoms with Gasteiger partial charge in [-0.15, -0.1) is 17.0 Å². The molecule has 0 atom stereocenters. The van der Waals surface area contributed by atoms with Crippen LogP contribution in [-0.2, 0) is 16.7 Å². The highest BCUT2D eigenvalue weighted by Gasteiger charge is 2.06. The van der Waals surface area contributed by atoms with E-state index in [9.17, 15) is 8.42 Å².